The van der Waals surface area contributed by atoms with Gasteiger partial charge in [0.2, 0.25) is 0 Å². The zero-order chi connectivity index (χ0) is 18.7. The van der Waals surface area contributed by atoms with E-state index in [2.05, 4.69) is 40.5 Å². The van der Waals surface area contributed by atoms with Crippen LogP contribution in [0.4, 0.5) is 5.82 Å². The fraction of sp³-hybridized carbons (Fsp3) is 0.550. The molecule has 2 aliphatic heterocycles. The maximum absolute atomic E-state index is 9.23. The van der Waals surface area contributed by atoms with Gasteiger partial charge in [-0.05, 0) is 37.8 Å². The number of rotatable bonds is 4. The van der Waals surface area contributed by atoms with E-state index in [9.17, 15) is 5.26 Å². The molecule has 0 bridgehead atoms. The Bertz CT molecular complexity index is 913. The first kappa shape index (κ1) is 16.7. The first-order valence-corrected chi connectivity index (χ1v) is 9.64. The number of piperidine rings is 1. The number of nitrogen functional groups attached to an aromatic ring is 1. The Kier molecular flexibility index (Phi) is 3.74. The van der Waals surface area contributed by atoms with Crippen LogP contribution in [0.5, 0.6) is 0 Å². The molecule has 0 spiro atoms. The Labute approximate surface area is 158 Å². The lowest BCUT2D eigenvalue weighted by Crippen LogP contribution is -2.48. The van der Waals surface area contributed by atoms with Gasteiger partial charge in [0.05, 0.1) is 30.5 Å². The molecule has 27 heavy (non-hydrogen) atoms. The van der Waals surface area contributed by atoms with E-state index in [1.165, 1.54) is 18.8 Å². The minimum absolute atomic E-state index is 0.265. The number of nitrogens with two attached hydrogens (primary N) is 1. The smallest absolute Gasteiger partial charge is 0.141 e. The summed E-state index contributed by atoms with van der Waals surface area (Å²) in [6, 6.07) is 7.01. The molecule has 2 aromatic heterocycles. The molecular weight excluding hydrogens is 340 g/mol. The molecule has 7 nitrogen and oxygen atoms in total. The summed E-state index contributed by atoms with van der Waals surface area (Å²) in [5, 5.41) is 14.1. The molecule has 2 atom stereocenters. The van der Waals surface area contributed by atoms with Crippen LogP contribution in [0, 0.1) is 23.2 Å². The molecular formula is C20H24N6O. The van der Waals surface area contributed by atoms with Gasteiger partial charge in [-0.2, -0.15) is 10.4 Å². The number of anilines is 1. The highest BCUT2D eigenvalue weighted by Gasteiger charge is 2.58. The third kappa shape index (κ3) is 2.63. The summed E-state index contributed by atoms with van der Waals surface area (Å²) in [6.07, 6.45) is 1.71. The number of hydrogen-bond acceptors (Lipinski definition) is 6. The molecule has 0 amide bonds. The van der Waals surface area contributed by atoms with E-state index in [0.717, 1.165) is 36.3 Å². The summed E-state index contributed by atoms with van der Waals surface area (Å²) in [5.41, 5.74) is 9.19. The number of nitrogens with zero attached hydrogens (tertiary/aromatic N) is 5. The van der Waals surface area contributed by atoms with E-state index in [1.54, 1.807) is 12.3 Å². The second-order valence-electron chi connectivity index (χ2n) is 8.26. The molecule has 3 fully saturated rings. The Balaban J connectivity index is 1.42. The maximum atomic E-state index is 9.23. The van der Waals surface area contributed by atoms with Crippen molar-refractivity contribution in [2.24, 2.45) is 11.8 Å². The second-order valence-corrected chi connectivity index (χ2v) is 8.26. The third-order valence-electron chi connectivity index (χ3n) is 6.29. The summed E-state index contributed by atoms with van der Waals surface area (Å²) < 4.78 is 7.50. The van der Waals surface area contributed by atoms with E-state index in [-0.39, 0.29) is 5.82 Å². The SMILES string of the molecule is CC(C)n1nc(-c2cnc(N)c(C#N)c2)cc1C1C2CN(C3COC3)CC21. The quantitative estimate of drug-likeness (QED) is 0.892. The highest BCUT2D eigenvalue weighted by Crippen LogP contribution is 2.59. The minimum Gasteiger partial charge on any atom is -0.383 e. The maximum Gasteiger partial charge on any atom is 0.141 e. The molecule has 0 aromatic carbocycles. The highest BCUT2D eigenvalue weighted by molar-refractivity contribution is 5.64. The van der Waals surface area contributed by atoms with E-state index in [0.29, 0.717) is 23.6 Å². The lowest BCUT2D eigenvalue weighted by atomic mass is 10.1. The first-order valence-electron chi connectivity index (χ1n) is 9.64. The van der Waals surface area contributed by atoms with Crippen molar-refractivity contribution in [3.8, 4) is 17.3 Å². The summed E-state index contributed by atoms with van der Waals surface area (Å²) in [4.78, 5) is 6.75. The first-order chi connectivity index (χ1) is 13.1. The largest absolute Gasteiger partial charge is 0.383 e. The average Bonchev–Trinajstić information content (AvgIpc) is 2.98. The molecule has 2 unspecified atom stereocenters. The van der Waals surface area contributed by atoms with Gasteiger partial charge in [-0.25, -0.2) is 4.98 Å². The standard InChI is InChI=1S/C20H24N6O/c1-11(2)26-18(19-15-7-25(8-16(15)19)14-9-27-10-14)4-17(24-26)13-3-12(5-21)20(22)23-6-13/h3-4,6,11,14-16,19H,7-10H2,1-2H3,(H2,22,23). The molecule has 1 aliphatic carbocycles. The van der Waals surface area contributed by atoms with Crippen LogP contribution in [0.25, 0.3) is 11.3 Å². The molecule has 7 heteroatoms. The zero-order valence-corrected chi connectivity index (χ0v) is 15.7. The van der Waals surface area contributed by atoms with Gasteiger partial charge < -0.3 is 10.5 Å². The number of fused-ring (bicyclic) bond motifs is 1. The second kappa shape index (κ2) is 6.04. The van der Waals surface area contributed by atoms with Crippen LogP contribution in [-0.4, -0.2) is 52.0 Å². The van der Waals surface area contributed by atoms with Crippen LogP contribution >= 0.6 is 0 Å². The molecule has 5 rings (SSSR count). The van der Waals surface area contributed by atoms with E-state index in [4.69, 9.17) is 15.6 Å². The monoisotopic (exact) mass is 364 g/mol. The summed E-state index contributed by atoms with van der Waals surface area (Å²) in [5.74, 6) is 2.31. The topological polar surface area (TPSA) is 93.0 Å². The van der Waals surface area contributed by atoms with Crippen LogP contribution in [0.3, 0.4) is 0 Å². The van der Waals surface area contributed by atoms with Gasteiger partial charge in [0.15, 0.2) is 0 Å². The van der Waals surface area contributed by atoms with Crippen LogP contribution in [0.1, 0.15) is 37.1 Å². The van der Waals surface area contributed by atoms with Crippen molar-refractivity contribution >= 4 is 5.82 Å². The summed E-state index contributed by atoms with van der Waals surface area (Å²) in [7, 11) is 0. The molecule has 1 saturated carbocycles. The molecule has 3 aliphatic rings. The fourth-order valence-corrected chi connectivity index (χ4v) is 4.65. The number of hydrogen-bond donors (Lipinski definition) is 1. The molecule has 4 heterocycles. The Morgan fingerprint density at radius 3 is 2.59 bits per heavy atom. The van der Waals surface area contributed by atoms with Crippen molar-refractivity contribution < 1.29 is 4.74 Å². The average molecular weight is 364 g/mol. The van der Waals surface area contributed by atoms with Gasteiger partial charge in [-0.15, -0.1) is 0 Å². The van der Waals surface area contributed by atoms with Gasteiger partial charge in [-0.3, -0.25) is 9.58 Å². The van der Waals surface area contributed by atoms with E-state index < -0.39 is 0 Å². The third-order valence-corrected chi connectivity index (χ3v) is 6.29. The fourth-order valence-electron chi connectivity index (χ4n) is 4.65. The number of aromatic nitrogens is 3. The van der Waals surface area contributed by atoms with Crippen molar-refractivity contribution in [2.45, 2.75) is 31.8 Å². The number of likely N-dealkylation sites (tertiary alicyclic amines) is 1. The van der Waals surface area contributed by atoms with Gasteiger partial charge >= 0.3 is 0 Å². The van der Waals surface area contributed by atoms with Crippen molar-refractivity contribution in [1.82, 2.24) is 19.7 Å². The predicted molar refractivity (Wildman–Crippen MR) is 101 cm³/mol. The minimum atomic E-state index is 0.265. The number of pyridine rings is 1. The molecule has 2 saturated heterocycles. The molecule has 2 aromatic rings. The summed E-state index contributed by atoms with van der Waals surface area (Å²) >= 11 is 0. The van der Waals surface area contributed by atoms with Crippen LogP contribution in [0.15, 0.2) is 18.3 Å². The zero-order valence-electron chi connectivity index (χ0n) is 15.7. The predicted octanol–water partition coefficient (Wildman–Crippen LogP) is 2.02. The lowest BCUT2D eigenvalue weighted by molar-refractivity contribution is -0.0610. The van der Waals surface area contributed by atoms with Crippen molar-refractivity contribution in [1.29, 1.82) is 5.26 Å². The van der Waals surface area contributed by atoms with Crippen LogP contribution in [0.2, 0.25) is 0 Å². The van der Waals surface area contributed by atoms with Crippen molar-refractivity contribution in [2.75, 3.05) is 32.0 Å². The molecule has 140 valence electrons. The van der Waals surface area contributed by atoms with Crippen molar-refractivity contribution in [3.05, 3.63) is 29.6 Å². The highest BCUT2D eigenvalue weighted by atomic mass is 16.5. The Hall–Kier alpha value is -2.43. The normalized spacial score (nSPS) is 27.4. The molecule has 0 radical (unpaired) electrons. The van der Waals surface area contributed by atoms with Crippen LogP contribution in [-0.2, 0) is 4.74 Å². The van der Waals surface area contributed by atoms with Crippen LogP contribution < -0.4 is 5.73 Å². The van der Waals surface area contributed by atoms with Gasteiger partial charge in [0.1, 0.15) is 11.9 Å². The summed E-state index contributed by atoms with van der Waals surface area (Å²) in [6.45, 7) is 8.46. The van der Waals surface area contributed by atoms with Gasteiger partial charge in [0.25, 0.3) is 0 Å². The Morgan fingerprint density at radius 1 is 1.26 bits per heavy atom. The molecule has 2 N–H and O–H groups in total. The van der Waals surface area contributed by atoms with Gasteiger partial charge in [0, 0.05) is 42.5 Å². The number of ether oxygens (including phenoxy) is 1. The number of nitriles is 1. The van der Waals surface area contributed by atoms with Gasteiger partial charge in [-0.1, -0.05) is 0 Å². The Morgan fingerprint density at radius 2 is 2.00 bits per heavy atom. The van der Waals surface area contributed by atoms with E-state index in [1.807, 2.05) is 0 Å². The van der Waals surface area contributed by atoms with E-state index >= 15 is 0 Å². The lowest BCUT2D eigenvalue weighted by Gasteiger charge is -2.35. The van der Waals surface area contributed by atoms with Crippen molar-refractivity contribution in [3.63, 3.8) is 0 Å².